The molecule has 1 aliphatic rings. The number of benzene rings is 3. The van der Waals surface area contributed by atoms with Gasteiger partial charge in [0.15, 0.2) is 10.9 Å². The molecule has 1 heterocycles. The van der Waals surface area contributed by atoms with E-state index in [0.717, 1.165) is 16.7 Å². The minimum atomic E-state index is -0.103. The normalized spacial score (nSPS) is 16.2. The maximum Gasteiger partial charge on any atom is 0.267 e. The smallest absolute Gasteiger partial charge is 0.267 e. The number of nitrogens with zero attached hydrogens (tertiary/aromatic N) is 2. The highest BCUT2D eigenvalue weighted by Gasteiger charge is 2.33. The van der Waals surface area contributed by atoms with E-state index in [4.69, 9.17) is 32.9 Å². The molecule has 1 saturated heterocycles. The van der Waals surface area contributed by atoms with Crippen LogP contribution in [0, 0.1) is 0 Å². The number of methoxy groups -OCH3 is 1. The molecule has 0 saturated carbocycles. The third-order valence-electron chi connectivity index (χ3n) is 4.83. The fourth-order valence-electron chi connectivity index (χ4n) is 3.28. The maximum atomic E-state index is 13.3. The summed E-state index contributed by atoms with van der Waals surface area (Å²) >= 11 is 13.9. The number of hydrogen-bond donors (Lipinski definition) is 0. The molecule has 1 amide bonds. The van der Waals surface area contributed by atoms with Crippen LogP contribution in [0.1, 0.15) is 16.7 Å². The van der Waals surface area contributed by atoms with E-state index in [1.54, 1.807) is 23.1 Å². The van der Waals surface area contributed by atoms with Gasteiger partial charge in [0.25, 0.3) is 5.91 Å². The van der Waals surface area contributed by atoms with Gasteiger partial charge in [-0.1, -0.05) is 83.9 Å². The molecule has 0 aliphatic carbocycles. The summed E-state index contributed by atoms with van der Waals surface area (Å²) in [6.07, 6.45) is 1.78. The van der Waals surface area contributed by atoms with Crippen molar-refractivity contribution in [2.75, 3.05) is 7.11 Å². The summed E-state index contributed by atoms with van der Waals surface area (Å²) in [7, 11) is 1.51. The highest BCUT2D eigenvalue weighted by molar-refractivity contribution is 8.18. The Balaban J connectivity index is 1.66. The number of hydrogen-bond acceptors (Lipinski definition) is 4. The summed E-state index contributed by atoms with van der Waals surface area (Å²) in [6, 6.07) is 23.3. The van der Waals surface area contributed by atoms with Gasteiger partial charge in [0.2, 0.25) is 0 Å². The van der Waals surface area contributed by atoms with Crippen LogP contribution in [-0.4, -0.2) is 23.1 Å². The van der Waals surface area contributed by atoms with Crippen molar-refractivity contribution in [1.29, 1.82) is 0 Å². The molecule has 0 radical (unpaired) electrons. The minimum Gasteiger partial charge on any atom is -0.494 e. The van der Waals surface area contributed by atoms with Gasteiger partial charge in [-0.15, -0.1) is 0 Å². The average Bonchev–Trinajstić information content (AvgIpc) is 3.08. The summed E-state index contributed by atoms with van der Waals surface area (Å²) in [5.74, 6) is 0.311. The number of amides is 1. The van der Waals surface area contributed by atoms with E-state index in [9.17, 15) is 4.79 Å². The molecule has 0 spiro atoms. The fourth-order valence-corrected chi connectivity index (χ4v) is 4.92. The van der Waals surface area contributed by atoms with Gasteiger partial charge < -0.3 is 4.74 Å². The average molecular weight is 483 g/mol. The molecular formula is C25H20Cl2N2O2S. The van der Waals surface area contributed by atoms with Gasteiger partial charge in [-0.2, -0.15) is 0 Å². The zero-order chi connectivity index (χ0) is 22.5. The van der Waals surface area contributed by atoms with E-state index in [1.807, 2.05) is 60.7 Å². The van der Waals surface area contributed by atoms with Gasteiger partial charge in [-0.3, -0.25) is 14.7 Å². The quantitative estimate of drug-likeness (QED) is 0.368. The number of ether oxygens (including phenoxy) is 1. The van der Waals surface area contributed by atoms with Crippen molar-refractivity contribution in [2.24, 2.45) is 4.99 Å². The predicted octanol–water partition coefficient (Wildman–Crippen LogP) is 6.67. The molecule has 7 heteroatoms. The van der Waals surface area contributed by atoms with Crippen molar-refractivity contribution in [3.63, 3.8) is 0 Å². The Bertz CT molecular complexity index is 1160. The minimum absolute atomic E-state index is 0.103. The Hall–Kier alpha value is -2.73. The number of carbonyl (C=O) groups excluding carboxylic acids is 1. The lowest BCUT2D eigenvalue weighted by atomic mass is 10.2. The SMILES string of the molecule is COc1c(Cl)cc(/C=C2/SC(=NCc3ccccc3)N(Cc3ccccc3)C2=O)cc1Cl. The van der Waals surface area contributed by atoms with Crippen molar-refractivity contribution in [3.05, 3.63) is 104 Å². The standard InChI is InChI=1S/C25H20Cl2N2O2S/c1-31-23-20(26)12-19(13-21(23)27)14-22-24(30)29(16-18-10-6-3-7-11-18)25(32-22)28-15-17-8-4-2-5-9-17/h2-14H,15-16H2,1H3/b22-14+,28-25?. The van der Waals surface area contributed by atoms with Crippen LogP contribution >= 0.6 is 35.0 Å². The summed E-state index contributed by atoms with van der Waals surface area (Å²) in [5.41, 5.74) is 2.84. The van der Waals surface area contributed by atoms with Crippen molar-refractivity contribution in [3.8, 4) is 5.75 Å². The third-order valence-corrected chi connectivity index (χ3v) is 6.44. The molecule has 0 unspecified atom stereocenters. The van der Waals surface area contributed by atoms with Gasteiger partial charge in [0.05, 0.1) is 35.1 Å². The molecule has 32 heavy (non-hydrogen) atoms. The molecule has 4 nitrogen and oxygen atoms in total. The number of aliphatic imine (C=N–C) groups is 1. The molecule has 4 rings (SSSR count). The number of thioether (sulfide) groups is 1. The second kappa shape index (κ2) is 10.3. The Labute approximate surface area is 201 Å². The first-order chi connectivity index (χ1) is 15.5. The summed E-state index contributed by atoms with van der Waals surface area (Å²) in [6.45, 7) is 0.941. The van der Waals surface area contributed by atoms with E-state index in [2.05, 4.69) is 0 Å². The van der Waals surface area contributed by atoms with Crippen LogP contribution in [-0.2, 0) is 17.9 Å². The Kier molecular flexibility index (Phi) is 7.20. The van der Waals surface area contributed by atoms with Crippen molar-refractivity contribution < 1.29 is 9.53 Å². The first kappa shape index (κ1) is 22.5. The molecule has 162 valence electrons. The first-order valence-corrected chi connectivity index (χ1v) is 11.5. The molecule has 3 aromatic carbocycles. The van der Waals surface area contributed by atoms with E-state index in [-0.39, 0.29) is 5.91 Å². The fraction of sp³-hybridized carbons (Fsp3) is 0.120. The highest BCUT2D eigenvalue weighted by Crippen LogP contribution is 2.37. The molecular weight excluding hydrogens is 463 g/mol. The zero-order valence-corrected chi connectivity index (χ0v) is 19.6. The van der Waals surface area contributed by atoms with Crippen molar-refractivity contribution >= 4 is 52.1 Å². The number of halogens is 2. The second-order valence-electron chi connectivity index (χ2n) is 7.09. The third kappa shape index (κ3) is 5.18. The summed E-state index contributed by atoms with van der Waals surface area (Å²) in [4.78, 5) is 20.3. The summed E-state index contributed by atoms with van der Waals surface area (Å²) in [5, 5.41) is 1.45. The second-order valence-corrected chi connectivity index (χ2v) is 8.91. The monoisotopic (exact) mass is 482 g/mol. The number of amidine groups is 1. The van der Waals surface area contributed by atoms with Crippen LogP contribution in [0.2, 0.25) is 10.0 Å². The molecule has 0 bridgehead atoms. The molecule has 0 atom stereocenters. The van der Waals surface area contributed by atoms with Gasteiger partial charge >= 0.3 is 0 Å². The topological polar surface area (TPSA) is 41.9 Å². The van der Waals surface area contributed by atoms with E-state index in [0.29, 0.717) is 39.0 Å². The predicted molar refractivity (Wildman–Crippen MR) is 133 cm³/mol. The van der Waals surface area contributed by atoms with Gasteiger partial charge in [-0.25, -0.2) is 0 Å². The maximum absolute atomic E-state index is 13.3. The Morgan fingerprint density at radius 2 is 1.56 bits per heavy atom. The lowest BCUT2D eigenvalue weighted by Gasteiger charge is -2.15. The van der Waals surface area contributed by atoms with Crippen LogP contribution < -0.4 is 4.74 Å². The van der Waals surface area contributed by atoms with Crippen LogP contribution in [0.5, 0.6) is 5.75 Å². The Morgan fingerprint density at radius 1 is 0.969 bits per heavy atom. The van der Waals surface area contributed by atoms with Crippen molar-refractivity contribution in [1.82, 2.24) is 4.90 Å². The highest BCUT2D eigenvalue weighted by atomic mass is 35.5. The molecule has 1 fully saturated rings. The van der Waals surface area contributed by atoms with E-state index >= 15 is 0 Å². The molecule has 3 aromatic rings. The number of carbonyl (C=O) groups is 1. The van der Waals surface area contributed by atoms with Gasteiger partial charge in [-0.05, 0) is 46.7 Å². The molecule has 0 N–H and O–H groups in total. The lowest BCUT2D eigenvalue weighted by Crippen LogP contribution is -2.28. The zero-order valence-electron chi connectivity index (χ0n) is 17.3. The van der Waals surface area contributed by atoms with E-state index in [1.165, 1.54) is 18.9 Å². The lowest BCUT2D eigenvalue weighted by molar-refractivity contribution is -0.122. The molecule has 0 aromatic heterocycles. The van der Waals surface area contributed by atoms with Crippen molar-refractivity contribution in [2.45, 2.75) is 13.1 Å². The van der Waals surface area contributed by atoms with Crippen LogP contribution in [0.25, 0.3) is 6.08 Å². The molecule has 1 aliphatic heterocycles. The van der Waals surface area contributed by atoms with Gasteiger partial charge in [0.1, 0.15) is 0 Å². The number of rotatable bonds is 6. The largest absolute Gasteiger partial charge is 0.494 e. The first-order valence-electron chi connectivity index (χ1n) is 9.92. The van der Waals surface area contributed by atoms with Gasteiger partial charge in [0, 0.05) is 0 Å². The van der Waals surface area contributed by atoms with E-state index < -0.39 is 0 Å². The van der Waals surface area contributed by atoms with Crippen LogP contribution in [0.15, 0.2) is 82.7 Å². The summed E-state index contributed by atoms with van der Waals surface area (Å²) < 4.78 is 5.21. The van der Waals surface area contributed by atoms with Crippen LogP contribution in [0.4, 0.5) is 0 Å². The van der Waals surface area contributed by atoms with Crippen LogP contribution in [0.3, 0.4) is 0 Å². The Morgan fingerprint density at radius 3 is 2.16 bits per heavy atom.